The second-order valence-corrected chi connectivity index (χ2v) is 3.35. The summed E-state index contributed by atoms with van der Waals surface area (Å²) in [7, 11) is 0. The van der Waals surface area contributed by atoms with Crippen LogP contribution in [0.2, 0.25) is 0 Å². The lowest BCUT2D eigenvalue weighted by Crippen LogP contribution is -2.03. The zero-order valence-corrected chi connectivity index (χ0v) is 9.68. The van der Waals surface area contributed by atoms with Crippen LogP contribution < -0.4 is 4.74 Å². The quantitative estimate of drug-likeness (QED) is 0.274. The van der Waals surface area contributed by atoms with Crippen molar-refractivity contribution in [1.82, 2.24) is 0 Å². The number of hydrogen-bond acceptors (Lipinski definition) is 5. The molecule has 0 fully saturated rings. The standard InChI is InChI=1S/C10H12N4O4/c1-2-18-10-4-3-7(5-8(10)14(16)17)9(15)6-12-13-11/h3-5,9,15H,2,6H2,1H3. The monoisotopic (exact) mass is 252 g/mol. The summed E-state index contributed by atoms with van der Waals surface area (Å²) in [6, 6.07) is 4.12. The topological polar surface area (TPSA) is 121 Å². The van der Waals surface area contributed by atoms with E-state index in [9.17, 15) is 15.2 Å². The molecule has 8 heteroatoms. The third kappa shape index (κ3) is 3.34. The van der Waals surface area contributed by atoms with Gasteiger partial charge in [0.05, 0.1) is 24.2 Å². The van der Waals surface area contributed by atoms with Gasteiger partial charge in [-0.1, -0.05) is 11.2 Å². The second-order valence-electron chi connectivity index (χ2n) is 3.35. The summed E-state index contributed by atoms with van der Waals surface area (Å²) >= 11 is 0. The van der Waals surface area contributed by atoms with E-state index >= 15 is 0 Å². The molecule has 1 atom stereocenters. The lowest BCUT2D eigenvalue weighted by Gasteiger charge is -2.09. The van der Waals surface area contributed by atoms with Crippen LogP contribution in [0, 0.1) is 10.1 Å². The number of azide groups is 1. The molecule has 18 heavy (non-hydrogen) atoms. The molecule has 0 aliphatic carbocycles. The molecule has 1 aromatic rings. The van der Waals surface area contributed by atoms with Crippen molar-refractivity contribution in [3.63, 3.8) is 0 Å². The van der Waals surface area contributed by atoms with Gasteiger partial charge in [-0.2, -0.15) is 0 Å². The highest BCUT2D eigenvalue weighted by Crippen LogP contribution is 2.30. The Labute approximate surface area is 103 Å². The molecule has 0 aromatic heterocycles. The third-order valence-electron chi connectivity index (χ3n) is 2.18. The Morgan fingerprint density at radius 2 is 2.39 bits per heavy atom. The first-order chi connectivity index (χ1) is 8.60. The Bertz CT molecular complexity index is 485. The number of nitrogens with zero attached hydrogens (tertiary/aromatic N) is 4. The highest BCUT2D eigenvalue weighted by Gasteiger charge is 2.18. The molecular weight excluding hydrogens is 240 g/mol. The molecule has 0 spiro atoms. The van der Waals surface area contributed by atoms with E-state index in [0.29, 0.717) is 12.2 Å². The van der Waals surface area contributed by atoms with Gasteiger partial charge in [0.15, 0.2) is 5.75 Å². The van der Waals surface area contributed by atoms with Gasteiger partial charge in [0.25, 0.3) is 0 Å². The Balaban J connectivity index is 3.06. The van der Waals surface area contributed by atoms with E-state index in [2.05, 4.69) is 10.0 Å². The van der Waals surface area contributed by atoms with Crippen molar-refractivity contribution in [2.45, 2.75) is 13.0 Å². The SMILES string of the molecule is CCOc1ccc(C(O)CN=[N+]=[N-])cc1[N+](=O)[O-]. The zero-order chi connectivity index (χ0) is 13.5. The number of hydrogen-bond donors (Lipinski definition) is 1. The summed E-state index contributed by atoms with van der Waals surface area (Å²) in [6.07, 6.45) is -1.07. The average molecular weight is 252 g/mol. The minimum atomic E-state index is -1.07. The van der Waals surface area contributed by atoms with Gasteiger partial charge < -0.3 is 9.84 Å². The van der Waals surface area contributed by atoms with Crippen molar-refractivity contribution in [3.8, 4) is 5.75 Å². The molecule has 0 saturated carbocycles. The Kier molecular flexibility index (Phi) is 4.91. The van der Waals surface area contributed by atoms with Crippen molar-refractivity contribution in [3.05, 3.63) is 44.3 Å². The highest BCUT2D eigenvalue weighted by atomic mass is 16.6. The Morgan fingerprint density at radius 1 is 1.67 bits per heavy atom. The summed E-state index contributed by atoms with van der Waals surface area (Å²) in [5, 5.41) is 23.7. The number of rotatable bonds is 6. The van der Waals surface area contributed by atoms with Crippen molar-refractivity contribution < 1.29 is 14.8 Å². The smallest absolute Gasteiger partial charge is 0.311 e. The summed E-state index contributed by atoms with van der Waals surface area (Å²) < 4.78 is 5.11. The second kappa shape index (κ2) is 6.43. The van der Waals surface area contributed by atoms with Crippen LogP contribution in [-0.4, -0.2) is 23.2 Å². The van der Waals surface area contributed by atoms with E-state index in [-0.39, 0.29) is 18.0 Å². The third-order valence-corrected chi connectivity index (χ3v) is 2.18. The molecule has 96 valence electrons. The van der Waals surface area contributed by atoms with Gasteiger partial charge in [-0.05, 0) is 24.1 Å². The van der Waals surface area contributed by atoms with Gasteiger partial charge in [0.2, 0.25) is 0 Å². The van der Waals surface area contributed by atoms with Crippen LogP contribution in [0.25, 0.3) is 10.4 Å². The summed E-state index contributed by atoms with van der Waals surface area (Å²) in [5.74, 6) is 0.141. The van der Waals surface area contributed by atoms with Crippen molar-refractivity contribution in [1.29, 1.82) is 0 Å². The van der Waals surface area contributed by atoms with Gasteiger partial charge in [-0.15, -0.1) is 0 Å². The first-order valence-electron chi connectivity index (χ1n) is 5.20. The molecule has 0 aliphatic heterocycles. The molecule has 1 rings (SSSR count). The maximum Gasteiger partial charge on any atom is 0.311 e. The fourth-order valence-electron chi connectivity index (χ4n) is 1.38. The molecule has 0 bridgehead atoms. The van der Waals surface area contributed by atoms with Crippen LogP contribution in [0.15, 0.2) is 23.3 Å². The predicted octanol–water partition coefficient (Wildman–Crippen LogP) is 2.34. The van der Waals surface area contributed by atoms with Gasteiger partial charge in [-0.25, -0.2) is 0 Å². The van der Waals surface area contributed by atoms with Gasteiger partial charge in [-0.3, -0.25) is 10.1 Å². The van der Waals surface area contributed by atoms with Crippen molar-refractivity contribution in [2.24, 2.45) is 5.11 Å². The maximum atomic E-state index is 10.8. The largest absolute Gasteiger partial charge is 0.487 e. The van der Waals surface area contributed by atoms with E-state index in [4.69, 9.17) is 10.3 Å². The van der Waals surface area contributed by atoms with Crippen LogP contribution >= 0.6 is 0 Å². The van der Waals surface area contributed by atoms with Crippen molar-refractivity contribution >= 4 is 5.69 Å². The number of aliphatic hydroxyl groups is 1. The number of aliphatic hydroxyl groups excluding tert-OH is 1. The summed E-state index contributed by atoms with van der Waals surface area (Å²) in [5.41, 5.74) is 8.21. The van der Waals surface area contributed by atoms with Gasteiger partial charge >= 0.3 is 5.69 Å². The molecule has 1 N–H and O–H groups in total. The van der Waals surface area contributed by atoms with Crippen LogP contribution in [0.4, 0.5) is 5.69 Å². The molecule has 0 aliphatic rings. The van der Waals surface area contributed by atoms with E-state index in [1.165, 1.54) is 18.2 Å². The molecule has 1 aromatic carbocycles. The molecule has 0 saturated heterocycles. The molecule has 0 radical (unpaired) electrons. The number of nitro groups is 1. The maximum absolute atomic E-state index is 10.8. The highest BCUT2D eigenvalue weighted by molar-refractivity contribution is 5.49. The predicted molar refractivity (Wildman–Crippen MR) is 63.2 cm³/mol. The molecule has 0 amide bonds. The first kappa shape index (κ1) is 13.8. The molecule has 1 unspecified atom stereocenters. The zero-order valence-electron chi connectivity index (χ0n) is 9.68. The van der Waals surface area contributed by atoms with E-state index in [0.717, 1.165) is 0 Å². The number of ether oxygens (including phenoxy) is 1. The molecule has 8 nitrogen and oxygen atoms in total. The molecular formula is C10H12N4O4. The normalized spacial score (nSPS) is 11.4. The van der Waals surface area contributed by atoms with Crippen LogP contribution in [0.3, 0.4) is 0 Å². The van der Waals surface area contributed by atoms with E-state index in [1.54, 1.807) is 6.92 Å². The minimum absolute atomic E-state index is 0.141. The minimum Gasteiger partial charge on any atom is -0.487 e. The van der Waals surface area contributed by atoms with Crippen LogP contribution in [0.5, 0.6) is 5.75 Å². The number of nitro benzene ring substituents is 1. The van der Waals surface area contributed by atoms with Gasteiger partial charge in [0.1, 0.15) is 0 Å². The number of benzene rings is 1. The molecule has 0 heterocycles. The fourth-order valence-corrected chi connectivity index (χ4v) is 1.38. The average Bonchev–Trinajstić information content (AvgIpc) is 2.36. The lowest BCUT2D eigenvalue weighted by molar-refractivity contribution is -0.386. The van der Waals surface area contributed by atoms with E-state index in [1.807, 2.05) is 0 Å². The Morgan fingerprint density at radius 3 is 2.94 bits per heavy atom. The van der Waals surface area contributed by atoms with Gasteiger partial charge in [0, 0.05) is 11.0 Å². The van der Waals surface area contributed by atoms with Crippen molar-refractivity contribution in [2.75, 3.05) is 13.2 Å². The summed E-state index contributed by atoms with van der Waals surface area (Å²) in [6.45, 7) is 1.84. The fraction of sp³-hybridized carbons (Fsp3) is 0.400. The van der Waals surface area contributed by atoms with Crippen LogP contribution in [0.1, 0.15) is 18.6 Å². The summed E-state index contributed by atoms with van der Waals surface area (Å²) in [4.78, 5) is 12.8. The first-order valence-corrected chi connectivity index (χ1v) is 5.20. The lowest BCUT2D eigenvalue weighted by atomic mass is 10.1. The van der Waals surface area contributed by atoms with E-state index < -0.39 is 11.0 Å². The Hall–Kier alpha value is -2.31. The van der Waals surface area contributed by atoms with Crippen LogP contribution in [-0.2, 0) is 0 Å².